The fourth-order valence-corrected chi connectivity index (χ4v) is 6.50. The molecule has 32 heavy (non-hydrogen) atoms. The maximum Gasteiger partial charge on any atom is 0.239 e. The molecule has 0 fully saturated rings. The third-order valence-electron chi connectivity index (χ3n) is 4.89. The van der Waals surface area contributed by atoms with Gasteiger partial charge in [0.05, 0.1) is 10.6 Å². The molecule has 1 N–H and O–H groups in total. The lowest BCUT2D eigenvalue weighted by Crippen LogP contribution is -2.24. The first-order valence-electron chi connectivity index (χ1n) is 10.6. The van der Waals surface area contributed by atoms with Gasteiger partial charge in [0.25, 0.3) is 0 Å². The fourth-order valence-electron chi connectivity index (χ4n) is 3.44. The zero-order chi connectivity index (χ0) is 22.7. The number of hydrogen-bond donors (Lipinski definition) is 1. The maximum atomic E-state index is 13.0. The van der Waals surface area contributed by atoms with Crippen molar-refractivity contribution in [1.82, 2.24) is 20.2 Å². The van der Waals surface area contributed by atoms with Crippen LogP contribution in [-0.2, 0) is 11.2 Å². The Morgan fingerprint density at radius 3 is 2.62 bits per heavy atom. The van der Waals surface area contributed by atoms with E-state index in [0.29, 0.717) is 17.5 Å². The van der Waals surface area contributed by atoms with Crippen LogP contribution in [0, 0.1) is 12.8 Å². The number of nitrogens with one attached hydrogen (secondary N) is 1. The highest BCUT2D eigenvalue weighted by Gasteiger charge is 2.24. The van der Waals surface area contributed by atoms with Gasteiger partial charge < -0.3 is 0 Å². The van der Waals surface area contributed by atoms with Crippen LogP contribution in [0.15, 0.2) is 41.7 Å². The summed E-state index contributed by atoms with van der Waals surface area (Å²) in [7, 11) is 0. The largest absolute Gasteiger partial charge is 0.300 e. The second-order valence-electron chi connectivity index (χ2n) is 7.86. The van der Waals surface area contributed by atoms with Crippen molar-refractivity contribution in [3.63, 3.8) is 0 Å². The van der Waals surface area contributed by atoms with Gasteiger partial charge in [-0.1, -0.05) is 74.2 Å². The summed E-state index contributed by atoms with van der Waals surface area (Å²) in [5, 5.41) is 14.3. The number of anilines is 1. The monoisotopic (exact) mass is 483 g/mol. The second kappa shape index (κ2) is 10.1. The van der Waals surface area contributed by atoms with Crippen molar-refractivity contribution in [2.45, 2.75) is 50.8 Å². The van der Waals surface area contributed by atoms with Crippen LogP contribution in [0.3, 0.4) is 0 Å². The molecule has 0 aliphatic rings. The van der Waals surface area contributed by atoms with E-state index in [2.05, 4.69) is 58.4 Å². The van der Waals surface area contributed by atoms with Crippen molar-refractivity contribution in [2.75, 3.05) is 5.32 Å². The average molecular weight is 484 g/mol. The van der Waals surface area contributed by atoms with Gasteiger partial charge in [-0.2, -0.15) is 0 Å². The van der Waals surface area contributed by atoms with Gasteiger partial charge in [0.1, 0.15) is 21.2 Å². The molecular formula is C23H25N5OS3. The van der Waals surface area contributed by atoms with Crippen LogP contribution in [-0.4, -0.2) is 31.3 Å². The van der Waals surface area contributed by atoms with Crippen LogP contribution in [0.5, 0.6) is 0 Å². The highest BCUT2D eigenvalue weighted by Crippen LogP contribution is 2.42. The average Bonchev–Trinajstić information content (AvgIpc) is 3.35. The van der Waals surface area contributed by atoms with Crippen molar-refractivity contribution in [1.29, 1.82) is 0 Å². The number of thioether (sulfide) groups is 1. The molecule has 0 bridgehead atoms. The molecule has 6 nitrogen and oxygen atoms in total. The Labute approximate surface area is 199 Å². The number of amides is 1. The Hall–Kier alpha value is -2.36. The maximum absolute atomic E-state index is 13.0. The van der Waals surface area contributed by atoms with E-state index in [-0.39, 0.29) is 11.2 Å². The lowest BCUT2D eigenvalue weighted by molar-refractivity contribution is -0.115. The number of rotatable bonds is 8. The lowest BCUT2D eigenvalue weighted by Gasteiger charge is -2.14. The summed E-state index contributed by atoms with van der Waals surface area (Å²) in [4.78, 5) is 24.2. The van der Waals surface area contributed by atoms with E-state index in [1.54, 1.807) is 17.7 Å². The second-order valence-corrected chi connectivity index (χ2v) is 11.3. The molecular weight excluding hydrogens is 458 g/mol. The van der Waals surface area contributed by atoms with Crippen LogP contribution >= 0.6 is 34.4 Å². The zero-order valence-corrected chi connectivity index (χ0v) is 20.9. The van der Waals surface area contributed by atoms with E-state index < -0.39 is 0 Å². The van der Waals surface area contributed by atoms with Crippen molar-refractivity contribution in [3.05, 3.63) is 46.5 Å². The zero-order valence-electron chi connectivity index (χ0n) is 18.5. The summed E-state index contributed by atoms with van der Waals surface area (Å²) in [5.74, 6) is 0.420. The molecule has 0 saturated carbocycles. The molecule has 3 heterocycles. The minimum Gasteiger partial charge on any atom is -0.300 e. The van der Waals surface area contributed by atoms with Crippen LogP contribution in [0.25, 0.3) is 21.3 Å². The van der Waals surface area contributed by atoms with E-state index in [1.165, 1.54) is 28.0 Å². The SMILES string of the molecule is CCC(Sc1ncnc2sc(C)c(-c3ccccc3)c12)C(=O)Nc1nnc(CC(C)C)s1. The molecule has 1 atom stereocenters. The number of aryl methyl sites for hydroxylation is 1. The summed E-state index contributed by atoms with van der Waals surface area (Å²) in [6, 6.07) is 10.3. The predicted molar refractivity (Wildman–Crippen MR) is 135 cm³/mol. The Balaban J connectivity index is 1.60. The van der Waals surface area contributed by atoms with Crippen LogP contribution in [0.1, 0.15) is 37.1 Å². The normalized spacial score (nSPS) is 12.4. The molecule has 3 aromatic heterocycles. The Morgan fingerprint density at radius 1 is 1.12 bits per heavy atom. The Bertz CT molecular complexity index is 1220. The number of carbonyl (C=O) groups excluding carboxylic acids is 1. The van der Waals surface area contributed by atoms with Gasteiger partial charge >= 0.3 is 0 Å². The smallest absolute Gasteiger partial charge is 0.239 e. The highest BCUT2D eigenvalue weighted by atomic mass is 32.2. The van der Waals surface area contributed by atoms with Gasteiger partial charge in [-0.15, -0.1) is 21.5 Å². The van der Waals surface area contributed by atoms with E-state index in [9.17, 15) is 4.79 Å². The summed E-state index contributed by atoms with van der Waals surface area (Å²) in [6.07, 6.45) is 3.12. The molecule has 9 heteroatoms. The van der Waals surface area contributed by atoms with Gasteiger partial charge in [-0.3, -0.25) is 10.1 Å². The summed E-state index contributed by atoms with van der Waals surface area (Å²) in [5.41, 5.74) is 2.28. The number of nitrogens with zero attached hydrogens (tertiary/aromatic N) is 4. The van der Waals surface area contributed by atoms with Gasteiger partial charge in [-0.05, 0) is 24.8 Å². The number of thiophene rings is 1. The first-order valence-corrected chi connectivity index (χ1v) is 13.1. The molecule has 0 spiro atoms. The highest BCUT2D eigenvalue weighted by molar-refractivity contribution is 8.00. The lowest BCUT2D eigenvalue weighted by atomic mass is 10.0. The predicted octanol–water partition coefficient (Wildman–Crippen LogP) is 6.23. The topological polar surface area (TPSA) is 80.7 Å². The van der Waals surface area contributed by atoms with Gasteiger partial charge in [0.15, 0.2) is 0 Å². The van der Waals surface area contributed by atoms with Crippen LogP contribution in [0.4, 0.5) is 5.13 Å². The third kappa shape index (κ3) is 5.00. The van der Waals surface area contributed by atoms with Gasteiger partial charge in [0, 0.05) is 16.9 Å². The quantitative estimate of drug-likeness (QED) is 0.236. The Morgan fingerprint density at radius 2 is 1.91 bits per heavy atom. The molecule has 0 radical (unpaired) electrons. The van der Waals surface area contributed by atoms with E-state index >= 15 is 0 Å². The van der Waals surface area contributed by atoms with Crippen molar-refractivity contribution >= 4 is 55.7 Å². The number of aromatic nitrogens is 4. The van der Waals surface area contributed by atoms with E-state index in [1.807, 2.05) is 25.1 Å². The minimum atomic E-state index is -0.297. The summed E-state index contributed by atoms with van der Waals surface area (Å²) in [6.45, 7) is 8.40. The Kier molecular flexibility index (Phi) is 7.17. The fraction of sp³-hybridized carbons (Fsp3) is 0.348. The number of fused-ring (bicyclic) bond motifs is 1. The van der Waals surface area contributed by atoms with Gasteiger partial charge in [-0.25, -0.2) is 9.97 Å². The van der Waals surface area contributed by atoms with E-state index in [0.717, 1.165) is 37.8 Å². The molecule has 0 aliphatic carbocycles. The molecule has 166 valence electrons. The minimum absolute atomic E-state index is 0.0790. The first-order chi connectivity index (χ1) is 15.5. The molecule has 0 aliphatic heterocycles. The number of hydrogen-bond acceptors (Lipinski definition) is 8. The summed E-state index contributed by atoms with van der Waals surface area (Å²) >= 11 is 4.59. The molecule has 4 aromatic rings. The van der Waals surface area contributed by atoms with Crippen LogP contribution in [0.2, 0.25) is 0 Å². The number of benzene rings is 1. The molecule has 4 rings (SSSR count). The molecule has 0 saturated heterocycles. The summed E-state index contributed by atoms with van der Waals surface area (Å²) < 4.78 is 0. The molecule has 1 aromatic carbocycles. The number of carbonyl (C=O) groups is 1. The molecule has 1 amide bonds. The van der Waals surface area contributed by atoms with Crippen molar-refractivity contribution in [3.8, 4) is 11.1 Å². The third-order valence-corrected chi connectivity index (χ3v) is 8.13. The van der Waals surface area contributed by atoms with Crippen molar-refractivity contribution < 1.29 is 4.79 Å². The molecule has 1 unspecified atom stereocenters. The van der Waals surface area contributed by atoms with Crippen LogP contribution < -0.4 is 5.32 Å². The standard InChI is InChI=1S/C23H25N5OS3/c1-5-16(20(29)26-23-28-27-17(32-23)11-13(2)3)31-22-19-18(15-9-7-6-8-10-15)14(4)30-21(19)24-12-25-22/h6-10,12-13,16H,5,11H2,1-4H3,(H,26,28,29). The van der Waals surface area contributed by atoms with E-state index in [4.69, 9.17) is 0 Å². The first kappa shape index (κ1) is 22.8. The van der Waals surface area contributed by atoms with Gasteiger partial charge in [0.2, 0.25) is 11.0 Å². The van der Waals surface area contributed by atoms with Crippen molar-refractivity contribution in [2.24, 2.45) is 5.92 Å².